The monoisotopic (exact) mass is 403 g/mol. The molecule has 2 unspecified atom stereocenters. The summed E-state index contributed by atoms with van der Waals surface area (Å²) in [7, 11) is 0. The van der Waals surface area contributed by atoms with Crippen LogP contribution in [0, 0.1) is 5.82 Å². The van der Waals surface area contributed by atoms with Crippen LogP contribution in [0.1, 0.15) is 24.2 Å². The first-order valence-corrected chi connectivity index (χ1v) is 9.43. The summed E-state index contributed by atoms with van der Waals surface area (Å²) < 4.78 is 21.2. The van der Waals surface area contributed by atoms with Crippen molar-refractivity contribution in [3.05, 3.63) is 76.8 Å². The summed E-state index contributed by atoms with van der Waals surface area (Å²) in [6.45, 7) is 1.80. The quantitative estimate of drug-likeness (QED) is 0.467. The summed E-state index contributed by atoms with van der Waals surface area (Å²) in [6.07, 6.45) is 1.09. The molecule has 0 aliphatic carbocycles. The molecule has 4 rings (SSSR count). The van der Waals surface area contributed by atoms with Crippen molar-refractivity contribution in [3.8, 4) is 0 Å². The van der Waals surface area contributed by atoms with Crippen LogP contribution >= 0.6 is 23.4 Å². The number of thioether (sulfide) groups is 1. The Labute approximate surface area is 164 Å². The van der Waals surface area contributed by atoms with Gasteiger partial charge in [0.1, 0.15) is 23.8 Å². The van der Waals surface area contributed by atoms with Crippen LogP contribution in [0.4, 0.5) is 4.39 Å². The van der Waals surface area contributed by atoms with Crippen LogP contribution in [-0.2, 0) is 21.7 Å². The highest BCUT2D eigenvalue weighted by molar-refractivity contribution is 8.13. The molecule has 0 spiro atoms. The molecule has 5 nitrogen and oxygen atoms in total. The maximum Gasteiger partial charge on any atom is 0.193 e. The molecule has 1 fully saturated rings. The smallest absolute Gasteiger partial charge is 0.193 e. The molecule has 1 saturated heterocycles. The van der Waals surface area contributed by atoms with Crippen molar-refractivity contribution >= 4 is 28.5 Å². The van der Waals surface area contributed by atoms with Gasteiger partial charge in [-0.15, -0.1) is 0 Å². The molecular formula is C19H15ClFN3O2S. The third kappa shape index (κ3) is 3.50. The van der Waals surface area contributed by atoms with Gasteiger partial charge in [0.15, 0.2) is 10.3 Å². The number of carbonyl (C=O) groups is 1. The summed E-state index contributed by atoms with van der Waals surface area (Å²) in [4.78, 5) is 15.6. The highest BCUT2D eigenvalue weighted by Gasteiger charge is 2.59. The van der Waals surface area contributed by atoms with Crippen LogP contribution < -0.4 is 0 Å². The number of nitrogens with zero attached hydrogens (tertiary/aromatic N) is 3. The van der Waals surface area contributed by atoms with E-state index in [2.05, 4.69) is 10.1 Å². The highest BCUT2D eigenvalue weighted by Crippen LogP contribution is 2.59. The van der Waals surface area contributed by atoms with Gasteiger partial charge in [-0.1, -0.05) is 41.9 Å². The number of carbonyl (C=O) groups excluding carboxylic acids is 1. The largest absolute Gasteiger partial charge is 0.354 e. The van der Waals surface area contributed by atoms with E-state index in [4.69, 9.17) is 16.3 Å². The fourth-order valence-electron chi connectivity index (χ4n) is 3.13. The van der Waals surface area contributed by atoms with Gasteiger partial charge in [0.25, 0.3) is 0 Å². The van der Waals surface area contributed by atoms with Gasteiger partial charge in [0, 0.05) is 17.5 Å². The second-order valence-corrected chi connectivity index (χ2v) is 7.76. The second kappa shape index (κ2) is 7.07. The fourth-order valence-corrected chi connectivity index (χ4v) is 3.94. The minimum Gasteiger partial charge on any atom is -0.354 e. The minimum atomic E-state index is -0.765. The fraction of sp³-hybridized carbons (Fsp3) is 0.211. The van der Waals surface area contributed by atoms with Gasteiger partial charge in [0.2, 0.25) is 0 Å². The van der Waals surface area contributed by atoms with Crippen molar-refractivity contribution in [1.29, 1.82) is 0 Å². The van der Waals surface area contributed by atoms with Crippen molar-refractivity contribution < 1.29 is 13.9 Å². The molecule has 27 heavy (non-hydrogen) atoms. The average molecular weight is 404 g/mol. The molecule has 2 heterocycles. The molecule has 1 aliphatic heterocycles. The maximum absolute atomic E-state index is 13.4. The predicted octanol–water partition coefficient (Wildman–Crippen LogP) is 4.38. The Hall–Kier alpha value is -2.22. The van der Waals surface area contributed by atoms with E-state index in [-0.39, 0.29) is 17.0 Å². The Morgan fingerprint density at radius 3 is 2.74 bits per heavy atom. The molecule has 138 valence electrons. The van der Waals surface area contributed by atoms with E-state index in [1.54, 1.807) is 22.9 Å². The van der Waals surface area contributed by atoms with Crippen molar-refractivity contribution in [2.24, 2.45) is 0 Å². The summed E-state index contributed by atoms with van der Waals surface area (Å²) >= 11 is 7.36. The first kappa shape index (κ1) is 18.2. The third-order valence-electron chi connectivity index (χ3n) is 4.41. The normalized spacial score (nSPS) is 21.2. The zero-order valence-electron chi connectivity index (χ0n) is 14.3. The third-order valence-corrected chi connectivity index (χ3v) is 5.55. The number of hydrogen-bond acceptors (Lipinski definition) is 5. The van der Waals surface area contributed by atoms with Gasteiger partial charge in [0.05, 0.1) is 6.54 Å². The van der Waals surface area contributed by atoms with Crippen LogP contribution in [0.15, 0.2) is 60.0 Å². The molecular weight excluding hydrogens is 389 g/mol. The van der Waals surface area contributed by atoms with Crippen molar-refractivity contribution in [2.75, 3.05) is 0 Å². The number of epoxide rings is 1. The van der Waals surface area contributed by atoms with Gasteiger partial charge in [-0.05, 0) is 35.5 Å². The standard InChI is InChI=1S/C19H15ClFN3O2S/c1-12(25)27-18-22-11-23-24(18)10-19(13-6-8-14(21)9-7-13)17(26-19)15-4-2-3-5-16(15)20/h2-9,11,17H,10H2,1H3. The van der Waals surface area contributed by atoms with E-state index in [9.17, 15) is 9.18 Å². The van der Waals surface area contributed by atoms with Gasteiger partial charge in [-0.3, -0.25) is 4.79 Å². The van der Waals surface area contributed by atoms with Gasteiger partial charge in [-0.2, -0.15) is 5.10 Å². The zero-order chi connectivity index (χ0) is 19.0. The average Bonchev–Trinajstić information content (AvgIpc) is 3.20. The predicted molar refractivity (Wildman–Crippen MR) is 99.9 cm³/mol. The number of hydrogen-bond donors (Lipinski definition) is 0. The SMILES string of the molecule is CC(=O)Sc1ncnn1CC1(c2ccc(F)cc2)OC1c1ccccc1Cl. The molecule has 0 saturated carbocycles. The molecule has 1 aliphatic rings. The molecule has 1 aromatic heterocycles. The van der Waals surface area contributed by atoms with Crippen molar-refractivity contribution in [3.63, 3.8) is 0 Å². The number of benzene rings is 2. The summed E-state index contributed by atoms with van der Waals surface area (Å²) in [6, 6.07) is 13.6. The van der Waals surface area contributed by atoms with Gasteiger partial charge in [-0.25, -0.2) is 14.1 Å². The van der Waals surface area contributed by atoms with E-state index >= 15 is 0 Å². The highest BCUT2D eigenvalue weighted by atomic mass is 35.5. The number of aromatic nitrogens is 3. The Morgan fingerprint density at radius 2 is 2.04 bits per heavy atom. The molecule has 3 aromatic rings. The molecule has 2 atom stereocenters. The number of ether oxygens (including phenoxy) is 1. The molecule has 0 amide bonds. The van der Waals surface area contributed by atoms with E-state index in [0.717, 1.165) is 22.9 Å². The van der Waals surface area contributed by atoms with E-state index in [0.29, 0.717) is 16.7 Å². The summed E-state index contributed by atoms with van der Waals surface area (Å²) in [5.41, 5.74) is 0.894. The Balaban J connectivity index is 1.73. The van der Waals surface area contributed by atoms with Gasteiger partial charge < -0.3 is 4.74 Å². The van der Waals surface area contributed by atoms with Crippen LogP contribution in [0.2, 0.25) is 5.02 Å². The van der Waals surface area contributed by atoms with Crippen molar-refractivity contribution in [1.82, 2.24) is 14.8 Å². The van der Waals surface area contributed by atoms with Crippen LogP contribution in [0.5, 0.6) is 0 Å². The molecule has 8 heteroatoms. The molecule has 0 bridgehead atoms. The molecule has 2 aromatic carbocycles. The van der Waals surface area contributed by atoms with E-state index < -0.39 is 5.60 Å². The number of halogens is 2. The Kier molecular flexibility index (Phi) is 4.75. The van der Waals surface area contributed by atoms with E-state index in [1.165, 1.54) is 25.4 Å². The second-order valence-electron chi connectivity index (χ2n) is 6.21. The Morgan fingerprint density at radius 1 is 1.30 bits per heavy atom. The van der Waals surface area contributed by atoms with Crippen LogP contribution in [-0.4, -0.2) is 19.9 Å². The van der Waals surface area contributed by atoms with Gasteiger partial charge >= 0.3 is 0 Å². The topological polar surface area (TPSA) is 60.3 Å². The minimum absolute atomic E-state index is 0.0838. The van der Waals surface area contributed by atoms with Crippen LogP contribution in [0.25, 0.3) is 0 Å². The molecule has 0 radical (unpaired) electrons. The lowest BCUT2D eigenvalue weighted by Crippen LogP contribution is -2.21. The molecule has 0 N–H and O–H groups in total. The first-order chi connectivity index (χ1) is 13.0. The summed E-state index contributed by atoms with van der Waals surface area (Å²) in [5.74, 6) is -0.322. The lowest BCUT2D eigenvalue weighted by Gasteiger charge is -2.15. The van der Waals surface area contributed by atoms with Crippen molar-refractivity contribution in [2.45, 2.75) is 30.3 Å². The number of rotatable bonds is 5. The van der Waals surface area contributed by atoms with Crippen LogP contribution in [0.3, 0.4) is 0 Å². The maximum atomic E-state index is 13.4. The Bertz CT molecular complexity index is 995. The lowest BCUT2D eigenvalue weighted by atomic mass is 9.91. The van der Waals surface area contributed by atoms with E-state index in [1.807, 2.05) is 18.2 Å². The summed E-state index contributed by atoms with van der Waals surface area (Å²) in [5, 5.41) is 5.23. The zero-order valence-corrected chi connectivity index (χ0v) is 15.9. The first-order valence-electron chi connectivity index (χ1n) is 8.24. The lowest BCUT2D eigenvalue weighted by molar-refractivity contribution is -0.109.